The molecule has 0 saturated carbocycles. The number of nitrogens with two attached hydrogens (primary N) is 1. The summed E-state index contributed by atoms with van der Waals surface area (Å²) in [5, 5.41) is 0. The van der Waals surface area contributed by atoms with Gasteiger partial charge in [0, 0.05) is 30.3 Å². The largest absolute Gasteiger partial charge is 0.338 e. The van der Waals surface area contributed by atoms with Gasteiger partial charge in [-0.25, -0.2) is 0 Å². The maximum atomic E-state index is 13.4. The first-order valence-electron chi connectivity index (χ1n) is 12.1. The molecule has 2 N–H and O–H groups in total. The Morgan fingerprint density at radius 2 is 1.71 bits per heavy atom. The number of hydrogen-bond donors (Lipinski definition) is 2. The predicted molar refractivity (Wildman–Crippen MR) is 145 cm³/mol. The highest BCUT2D eigenvalue weighted by Gasteiger charge is 2.26. The Hall–Kier alpha value is -2.28. The second-order valence-corrected chi connectivity index (χ2v) is 14.4. The van der Waals surface area contributed by atoms with Gasteiger partial charge in [-0.05, 0) is 72.4 Å². The van der Waals surface area contributed by atoms with E-state index in [1.165, 1.54) is 16.0 Å². The van der Waals surface area contributed by atoms with Crippen LogP contribution in [0.1, 0.15) is 55.6 Å². The van der Waals surface area contributed by atoms with Gasteiger partial charge in [-0.1, -0.05) is 54.6 Å². The average Bonchev–Trinajstić information content (AvgIpc) is 3.24. The molecule has 1 fully saturated rings. The molecule has 4 nitrogen and oxygen atoms in total. The Morgan fingerprint density at radius 3 is 2.38 bits per heavy atom. The molecule has 2 heterocycles. The molecule has 1 aliphatic heterocycles. The van der Waals surface area contributed by atoms with Crippen molar-refractivity contribution in [2.24, 2.45) is 5.73 Å². The fourth-order valence-corrected chi connectivity index (χ4v) is 7.13. The minimum atomic E-state index is -2.24. The van der Waals surface area contributed by atoms with E-state index in [2.05, 4.69) is 48.5 Å². The molecule has 1 amide bonds. The van der Waals surface area contributed by atoms with E-state index in [4.69, 9.17) is 5.73 Å². The van der Waals surface area contributed by atoms with E-state index < -0.39 is 9.93 Å². The first-order valence-corrected chi connectivity index (χ1v) is 15.7. The number of aryl methyl sites for hydroxylation is 2. The molecule has 2 aromatic carbocycles. The third-order valence-corrected chi connectivity index (χ3v) is 8.91. The third kappa shape index (κ3) is 6.44. The van der Waals surface area contributed by atoms with Crippen molar-refractivity contribution in [3.05, 3.63) is 92.7 Å². The number of thiol groups is 1. The minimum absolute atomic E-state index is 0.119. The minimum Gasteiger partial charge on any atom is -0.338 e. The second-order valence-electron chi connectivity index (χ2n) is 9.79. The zero-order chi connectivity index (χ0) is 24.1. The maximum Gasteiger partial charge on any atom is 0.263 e. The number of carbonyl (C=O) groups is 1. The molecule has 0 radical (unpaired) electrons. The van der Waals surface area contributed by atoms with Crippen LogP contribution in [0.3, 0.4) is 0 Å². The number of likely N-dealkylation sites (tertiary alicyclic amines) is 1. The molecular weight excluding hydrogens is 460 g/mol. The van der Waals surface area contributed by atoms with E-state index in [0.717, 1.165) is 54.8 Å². The van der Waals surface area contributed by atoms with Crippen molar-refractivity contribution >= 4 is 27.2 Å². The summed E-state index contributed by atoms with van der Waals surface area (Å²) < 4.78 is 12.6. The number of carbonyl (C=O) groups excluding carboxylic acids is 1. The zero-order valence-corrected chi connectivity index (χ0v) is 21.9. The summed E-state index contributed by atoms with van der Waals surface area (Å²) in [6.07, 6.45) is 7.40. The highest BCUT2D eigenvalue weighted by atomic mass is 32.2. The lowest BCUT2D eigenvalue weighted by atomic mass is 9.88. The van der Waals surface area contributed by atoms with Crippen LogP contribution in [0.2, 0.25) is 0 Å². The van der Waals surface area contributed by atoms with Crippen LogP contribution < -0.4 is 5.73 Å². The summed E-state index contributed by atoms with van der Waals surface area (Å²) in [5.74, 6) is 1.15. The van der Waals surface area contributed by atoms with E-state index in [1.807, 2.05) is 29.5 Å². The molecule has 34 heavy (non-hydrogen) atoms. The van der Waals surface area contributed by atoms with Gasteiger partial charge < -0.3 is 10.6 Å². The van der Waals surface area contributed by atoms with Gasteiger partial charge in [0.05, 0.1) is 4.88 Å². The second kappa shape index (κ2) is 11.0. The van der Waals surface area contributed by atoms with Gasteiger partial charge >= 0.3 is 0 Å². The van der Waals surface area contributed by atoms with Crippen molar-refractivity contribution < 1.29 is 9.00 Å². The first kappa shape index (κ1) is 24.8. The average molecular weight is 497 g/mol. The molecule has 1 saturated heterocycles. The molecule has 0 bridgehead atoms. The van der Waals surface area contributed by atoms with E-state index in [-0.39, 0.29) is 5.91 Å². The summed E-state index contributed by atoms with van der Waals surface area (Å²) in [6, 6.07) is 21.0. The van der Waals surface area contributed by atoms with Gasteiger partial charge in [-0.3, -0.25) is 9.00 Å². The topological polar surface area (TPSA) is 63.4 Å². The number of thiophene rings is 1. The van der Waals surface area contributed by atoms with Crippen molar-refractivity contribution in [1.29, 1.82) is 0 Å². The van der Waals surface area contributed by atoms with Crippen molar-refractivity contribution in [2.45, 2.75) is 43.9 Å². The van der Waals surface area contributed by atoms with E-state index in [1.54, 1.807) is 11.3 Å². The van der Waals surface area contributed by atoms with Crippen molar-refractivity contribution in [2.75, 3.05) is 25.6 Å². The van der Waals surface area contributed by atoms with Crippen molar-refractivity contribution in [1.82, 2.24) is 4.90 Å². The van der Waals surface area contributed by atoms with Gasteiger partial charge in [0.15, 0.2) is 0 Å². The molecule has 0 spiro atoms. The fraction of sp³-hybridized carbons (Fsp3) is 0.393. The standard InChI is InChI=1S/C28H36N2O2S2/c1-34(2,32)20-25-18-27(33-26(25)12-11-21-7-4-3-5-8-21)28(31)30-15-13-23(14-16-30)24-10-6-9-22(17-24)19-29/h3-10,17-18,23,34H,11-16,19-20,29H2,1-2H3. The number of benzene rings is 2. The molecule has 182 valence electrons. The third-order valence-electron chi connectivity index (χ3n) is 6.58. The molecule has 0 aliphatic carbocycles. The van der Waals surface area contributed by atoms with Crippen LogP contribution in [0.5, 0.6) is 0 Å². The quantitative estimate of drug-likeness (QED) is 0.441. The van der Waals surface area contributed by atoms with E-state index >= 15 is 0 Å². The summed E-state index contributed by atoms with van der Waals surface area (Å²) in [5.41, 5.74) is 10.7. The van der Waals surface area contributed by atoms with E-state index in [9.17, 15) is 9.00 Å². The number of piperidine rings is 1. The molecule has 0 unspecified atom stereocenters. The maximum absolute atomic E-state index is 13.4. The van der Waals surface area contributed by atoms with Crippen LogP contribution in [0.25, 0.3) is 0 Å². The molecule has 0 atom stereocenters. The van der Waals surface area contributed by atoms with Crippen LogP contribution in [0.15, 0.2) is 60.7 Å². The Balaban J connectivity index is 1.45. The monoisotopic (exact) mass is 496 g/mol. The zero-order valence-electron chi connectivity index (χ0n) is 20.2. The Morgan fingerprint density at radius 1 is 1.00 bits per heavy atom. The van der Waals surface area contributed by atoms with Crippen molar-refractivity contribution in [3.63, 3.8) is 0 Å². The molecule has 3 aromatic rings. The Labute approximate surface area is 208 Å². The van der Waals surface area contributed by atoms with Gasteiger partial charge in [-0.2, -0.15) is 0 Å². The van der Waals surface area contributed by atoms with Crippen LogP contribution in [-0.2, 0) is 35.1 Å². The summed E-state index contributed by atoms with van der Waals surface area (Å²) in [4.78, 5) is 17.4. The lowest BCUT2D eigenvalue weighted by molar-refractivity contribution is 0.0718. The molecule has 1 aliphatic rings. The van der Waals surface area contributed by atoms with Crippen LogP contribution >= 0.6 is 11.3 Å². The molecule has 1 aromatic heterocycles. The normalized spacial score (nSPS) is 15.4. The summed E-state index contributed by atoms with van der Waals surface area (Å²) in [6.45, 7) is 2.09. The molecule has 4 rings (SSSR count). The number of amides is 1. The lowest BCUT2D eigenvalue weighted by Crippen LogP contribution is -2.37. The van der Waals surface area contributed by atoms with Gasteiger partial charge in [0.25, 0.3) is 5.91 Å². The molecular formula is C28H36N2O2S2. The number of rotatable bonds is 8. The summed E-state index contributed by atoms with van der Waals surface area (Å²) >= 11 is 1.60. The van der Waals surface area contributed by atoms with Gasteiger partial charge in [0.2, 0.25) is 0 Å². The van der Waals surface area contributed by atoms with Crippen LogP contribution in [0, 0.1) is 0 Å². The Kier molecular flexibility index (Phi) is 8.02. The smallest absolute Gasteiger partial charge is 0.263 e. The predicted octanol–water partition coefficient (Wildman–Crippen LogP) is 4.79. The first-order chi connectivity index (χ1) is 16.3. The number of nitrogens with zero attached hydrogens (tertiary/aromatic N) is 1. The van der Waals surface area contributed by atoms with Crippen LogP contribution in [0.4, 0.5) is 0 Å². The molecule has 6 heteroatoms. The highest BCUT2D eigenvalue weighted by Crippen LogP contribution is 2.32. The number of hydrogen-bond acceptors (Lipinski definition) is 4. The highest BCUT2D eigenvalue weighted by molar-refractivity contribution is 8.01. The van der Waals surface area contributed by atoms with E-state index in [0.29, 0.717) is 18.2 Å². The Bertz CT molecular complexity index is 1160. The van der Waals surface area contributed by atoms with Gasteiger partial charge in [-0.15, -0.1) is 21.3 Å². The van der Waals surface area contributed by atoms with Crippen molar-refractivity contribution in [3.8, 4) is 0 Å². The summed E-state index contributed by atoms with van der Waals surface area (Å²) in [7, 11) is -2.24. The lowest BCUT2D eigenvalue weighted by Gasteiger charge is -2.32. The van der Waals surface area contributed by atoms with Gasteiger partial charge in [0.1, 0.15) is 0 Å². The fourth-order valence-electron chi connectivity index (χ4n) is 4.78. The SMILES string of the molecule is C[SH](C)(=O)Cc1cc(C(=O)N2CCC(c3cccc(CN)c3)CC2)sc1CCc1ccccc1. The van der Waals surface area contributed by atoms with Crippen LogP contribution in [-0.4, -0.2) is 40.6 Å².